The molecule has 0 bridgehead atoms. The third kappa shape index (κ3) is 7.53. The maximum Gasteiger partial charge on any atom is 4.00 e. The van der Waals surface area contributed by atoms with Crippen LogP contribution in [0.1, 0.15) is 5.56 Å². The Morgan fingerprint density at radius 2 is 1.21 bits per heavy atom. The van der Waals surface area contributed by atoms with Gasteiger partial charge in [0.2, 0.25) is 0 Å². The Bertz CT molecular complexity index is 3170. The SMILES string of the molecule is Cc1cc(-c2ccncc2)ccc1[N-]Cn1c2[c-]c(Oc3[c-]c(N4[CH-]N(c5c(-c6ccccc6)cccc5-c5ccccc5)c5ccccc54)ccc3)ccc2c2ccccc21.[Pt+4]. The number of aromatic nitrogens is 2. The average Bonchev–Trinajstić information content (AvgIpc) is 3.87. The third-order valence-electron chi connectivity index (χ3n) is 11.6. The van der Waals surface area contributed by atoms with Gasteiger partial charge in [-0.25, -0.2) is 0 Å². The molecule has 0 radical (unpaired) electrons. The Labute approximate surface area is 381 Å². The maximum atomic E-state index is 6.61. The summed E-state index contributed by atoms with van der Waals surface area (Å²) >= 11 is 0. The van der Waals surface area contributed by atoms with Gasteiger partial charge in [0.1, 0.15) is 0 Å². The van der Waals surface area contributed by atoms with Gasteiger partial charge in [0, 0.05) is 57.6 Å². The Morgan fingerprint density at radius 1 is 0.556 bits per heavy atom. The molecule has 1 aliphatic heterocycles. The molecule has 0 fully saturated rings. The van der Waals surface area contributed by atoms with Crippen LogP contribution < -0.4 is 14.5 Å². The molecular formula is C56H39N5OPt. The fraction of sp³-hybridized carbons (Fsp3) is 0.0357. The molecule has 11 rings (SSSR count). The quantitative estimate of drug-likeness (QED) is 0.128. The molecule has 0 N–H and O–H groups in total. The molecule has 0 atom stereocenters. The van der Waals surface area contributed by atoms with Crippen molar-refractivity contribution < 1.29 is 25.8 Å². The molecule has 0 amide bonds. The number of para-hydroxylation sites is 4. The van der Waals surface area contributed by atoms with E-state index in [4.69, 9.17) is 10.1 Å². The van der Waals surface area contributed by atoms with Gasteiger partial charge in [-0.05, 0) is 64.9 Å². The predicted octanol–water partition coefficient (Wildman–Crippen LogP) is 15.0. The van der Waals surface area contributed by atoms with Crippen LogP contribution in [-0.4, -0.2) is 9.55 Å². The van der Waals surface area contributed by atoms with Crippen LogP contribution in [0.4, 0.5) is 28.4 Å². The van der Waals surface area contributed by atoms with Gasteiger partial charge in [-0.3, -0.25) is 4.98 Å². The van der Waals surface area contributed by atoms with Gasteiger partial charge in [-0.2, -0.15) is 12.1 Å². The van der Waals surface area contributed by atoms with Gasteiger partial charge in [-0.1, -0.05) is 145 Å². The number of benzene rings is 8. The number of hydrogen-bond donors (Lipinski definition) is 0. The van der Waals surface area contributed by atoms with Crippen molar-refractivity contribution in [2.75, 3.05) is 9.80 Å². The van der Waals surface area contributed by atoms with Crippen LogP contribution in [0.25, 0.3) is 60.5 Å². The molecule has 2 aromatic heterocycles. The van der Waals surface area contributed by atoms with E-state index in [0.717, 1.165) is 89.2 Å². The van der Waals surface area contributed by atoms with Crippen molar-refractivity contribution in [3.05, 3.63) is 230 Å². The number of hydrogen-bond acceptors (Lipinski definition) is 4. The van der Waals surface area contributed by atoms with Gasteiger partial charge >= 0.3 is 21.1 Å². The molecule has 8 aromatic carbocycles. The van der Waals surface area contributed by atoms with E-state index < -0.39 is 0 Å². The van der Waals surface area contributed by atoms with Crippen LogP contribution in [0, 0.1) is 25.7 Å². The largest absolute Gasteiger partial charge is 4.00 e. The second-order valence-electron chi connectivity index (χ2n) is 15.3. The first kappa shape index (κ1) is 39.7. The van der Waals surface area contributed by atoms with Crippen molar-refractivity contribution >= 4 is 50.2 Å². The first-order valence-electron chi connectivity index (χ1n) is 20.7. The molecule has 10 aromatic rings. The van der Waals surface area contributed by atoms with Crippen molar-refractivity contribution in [3.63, 3.8) is 0 Å². The van der Waals surface area contributed by atoms with Gasteiger partial charge < -0.3 is 24.4 Å². The van der Waals surface area contributed by atoms with Crippen molar-refractivity contribution in [1.82, 2.24) is 9.55 Å². The second kappa shape index (κ2) is 17.2. The minimum Gasteiger partial charge on any atom is -0.667 e. The molecule has 6 nitrogen and oxygen atoms in total. The van der Waals surface area contributed by atoms with E-state index in [1.165, 1.54) is 0 Å². The molecule has 7 heteroatoms. The zero-order valence-corrected chi connectivity index (χ0v) is 36.6. The molecule has 304 valence electrons. The fourth-order valence-corrected chi connectivity index (χ4v) is 8.60. The molecule has 0 spiro atoms. The number of pyridine rings is 1. The summed E-state index contributed by atoms with van der Waals surface area (Å²) in [7, 11) is 0. The Kier molecular flexibility index (Phi) is 10.8. The number of nitrogens with zero attached hydrogens (tertiary/aromatic N) is 5. The molecule has 0 unspecified atom stereocenters. The van der Waals surface area contributed by atoms with Gasteiger partial charge in [0.05, 0.1) is 0 Å². The summed E-state index contributed by atoms with van der Waals surface area (Å²) in [6, 6.07) is 72.6. The molecule has 0 saturated heterocycles. The Morgan fingerprint density at radius 3 is 1.94 bits per heavy atom. The summed E-state index contributed by atoms with van der Waals surface area (Å²) in [5.41, 5.74) is 15.0. The summed E-state index contributed by atoms with van der Waals surface area (Å²) in [5.74, 6) is 1.19. The Hall–Kier alpha value is -7.40. The summed E-state index contributed by atoms with van der Waals surface area (Å²) in [6.45, 7) is 4.71. The van der Waals surface area contributed by atoms with E-state index in [-0.39, 0.29) is 21.1 Å². The molecule has 1 aliphatic rings. The molecular weight excluding hydrogens is 954 g/mol. The van der Waals surface area contributed by atoms with Crippen molar-refractivity contribution in [2.45, 2.75) is 13.6 Å². The summed E-state index contributed by atoms with van der Waals surface area (Å²) in [6.07, 6.45) is 3.64. The number of rotatable bonds is 10. The van der Waals surface area contributed by atoms with E-state index in [0.29, 0.717) is 18.2 Å². The van der Waals surface area contributed by atoms with Gasteiger partial charge in [0.25, 0.3) is 0 Å². The smallest absolute Gasteiger partial charge is 0.667 e. The fourth-order valence-electron chi connectivity index (χ4n) is 8.60. The van der Waals surface area contributed by atoms with Crippen LogP contribution >= 0.6 is 0 Å². The first-order valence-corrected chi connectivity index (χ1v) is 20.7. The minimum absolute atomic E-state index is 0. The number of ether oxygens (including phenoxy) is 1. The Balaban J connectivity index is 0.00000471. The van der Waals surface area contributed by atoms with Crippen LogP contribution in [0.2, 0.25) is 0 Å². The van der Waals surface area contributed by atoms with E-state index in [1.54, 1.807) is 0 Å². The topological polar surface area (TPSA) is 47.6 Å². The first-order chi connectivity index (χ1) is 30.7. The summed E-state index contributed by atoms with van der Waals surface area (Å²) in [4.78, 5) is 8.67. The zero-order valence-electron chi connectivity index (χ0n) is 34.3. The van der Waals surface area contributed by atoms with Crippen LogP contribution in [0.3, 0.4) is 0 Å². The molecule has 0 aliphatic carbocycles. The van der Waals surface area contributed by atoms with Gasteiger partial charge in [0.15, 0.2) is 0 Å². The van der Waals surface area contributed by atoms with E-state index in [1.807, 2.05) is 42.7 Å². The van der Waals surface area contributed by atoms with E-state index >= 15 is 0 Å². The standard InChI is InChI=1S/C56H39N5O.Pt/c1-39-34-43(40-30-32-57-33-31-40)26-29-51(39)58-37-59-52-23-9-8-20-49(52)50-28-27-46(36-55(50)59)62-45-19-12-18-44(35-45)60-38-61(54-25-11-10-24-53(54)60)56-47(41-14-4-2-5-15-41)21-13-22-48(56)42-16-6-3-7-17-42;/h2-34,38H,37H2,1H3;/q-4;+4. The summed E-state index contributed by atoms with van der Waals surface area (Å²) in [5, 5.41) is 7.36. The van der Waals surface area contributed by atoms with Crippen molar-refractivity contribution in [3.8, 4) is 44.9 Å². The zero-order chi connectivity index (χ0) is 41.4. The van der Waals surface area contributed by atoms with Gasteiger partial charge in [-0.15, -0.1) is 53.8 Å². The summed E-state index contributed by atoms with van der Waals surface area (Å²) < 4.78 is 8.83. The van der Waals surface area contributed by atoms with Crippen LogP contribution in [0.15, 0.2) is 200 Å². The number of fused-ring (bicyclic) bond motifs is 4. The molecule has 63 heavy (non-hydrogen) atoms. The van der Waals surface area contributed by atoms with Crippen LogP contribution in [-0.2, 0) is 27.7 Å². The van der Waals surface area contributed by atoms with E-state index in [9.17, 15) is 0 Å². The van der Waals surface area contributed by atoms with E-state index in [2.05, 4.69) is 203 Å². The minimum atomic E-state index is 0. The monoisotopic (exact) mass is 992 g/mol. The predicted molar refractivity (Wildman–Crippen MR) is 253 cm³/mol. The average molecular weight is 993 g/mol. The van der Waals surface area contributed by atoms with Crippen molar-refractivity contribution in [2.24, 2.45) is 0 Å². The van der Waals surface area contributed by atoms with Crippen LogP contribution in [0.5, 0.6) is 11.5 Å². The molecule has 3 heterocycles. The molecule has 0 saturated carbocycles. The maximum absolute atomic E-state index is 6.61. The number of aryl methyl sites for hydroxylation is 1. The second-order valence-corrected chi connectivity index (χ2v) is 15.3. The third-order valence-corrected chi connectivity index (χ3v) is 11.6. The van der Waals surface area contributed by atoms with Crippen molar-refractivity contribution in [1.29, 1.82) is 0 Å². The number of anilines is 4. The normalized spacial score (nSPS) is 12.0.